The Hall–Kier alpha value is -4.77. The van der Waals surface area contributed by atoms with E-state index in [1.165, 1.54) is 0 Å². The van der Waals surface area contributed by atoms with Crippen LogP contribution in [-0.2, 0) is 0 Å². The number of benzene rings is 7. The number of hydrogen-bond acceptors (Lipinski definition) is 0. The molecule has 7 aromatic rings. The minimum atomic E-state index is -1.59. The average Bonchev–Trinajstić information content (AvgIpc) is 2.95. The van der Waals surface area contributed by atoms with E-state index in [4.69, 9.17) is 0 Å². The molecule has 0 saturated heterocycles. The van der Waals surface area contributed by atoms with E-state index in [9.17, 15) is 22.0 Å². The van der Waals surface area contributed by atoms with Gasteiger partial charge in [0.1, 0.15) is 0 Å². The van der Waals surface area contributed by atoms with Crippen LogP contribution in [-0.4, -0.2) is 0 Å². The number of hydrogen-bond donors (Lipinski definition) is 0. The van der Waals surface area contributed by atoms with E-state index < -0.39 is 29.1 Å². The van der Waals surface area contributed by atoms with Crippen molar-refractivity contribution < 1.29 is 22.0 Å². The van der Waals surface area contributed by atoms with Crippen molar-refractivity contribution >= 4 is 43.1 Å². The molecular weight excluding hydrogens is 503 g/mol. The van der Waals surface area contributed by atoms with E-state index in [0.717, 1.165) is 51.4 Å². The van der Waals surface area contributed by atoms with Gasteiger partial charge in [-0.2, -0.15) is 0 Å². The number of halogens is 5. The smallest absolute Gasteiger partial charge is 0.194 e. The molecule has 0 unspecified atom stereocenters. The maximum Gasteiger partial charge on any atom is 0.194 e. The fourth-order valence-corrected chi connectivity index (χ4v) is 5.73. The molecule has 0 aromatic heterocycles. The quantitative estimate of drug-likeness (QED) is 0.0921. The Morgan fingerprint density at radius 1 is 0.359 bits per heavy atom. The van der Waals surface area contributed by atoms with Crippen molar-refractivity contribution in [2.45, 2.75) is 0 Å². The van der Waals surface area contributed by atoms with E-state index >= 15 is 0 Å². The molecule has 0 N–H and O–H groups in total. The molecule has 7 aromatic carbocycles. The van der Waals surface area contributed by atoms with Crippen molar-refractivity contribution in [2.24, 2.45) is 0 Å². The Kier molecular flexibility index (Phi) is 5.17. The number of fused-ring (bicyclic) bond motifs is 5. The van der Waals surface area contributed by atoms with Crippen molar-refractivity contribution in [3.05, 3.63) is 132 Å². The summed E-state index contributed by atoms with van der Waals surface area (Å²) < 4.78 is 72.3. The molecule has 0 heterocycles. The van der Waals surface area contributed by atoms with Crippen LogP contribution in [0.3, 0.4) is 0 Å². The van der Waals surface area contributed by atoms with Crippen molar-refractivity contribution in [1.82, 2.24) is 0 Å². The third-order valence-corrected chi connectivity index (χ3v) is 7.37. The third kappa shape index (κ3) is 3.50. The van der Waals surface area contributed by atoms with Crippen LogP contribution >= 0.6 is 0 Å². The Morgan fingerprint density at radius 2 is 0.846 bits per heavy atom. The molecule has 0 spiro atoms. The predicted octanol–water partition coefficient (Wildman–Crippen LogP) is 10.3. The first-order valence-electron chi connectivity index (χ1n) is 12.3. The zero-order valence-corrected chi connectivity index (χ0v) is 20.2. The monoisotopic (exact) mass is 520 g/mol. The highest BCUT2D eigenvalue weighted by Crippen LogP contribution is 2.47. The van der Waals surface area contributed by atoms with Gasteiger partial charge in [0.2, 0.25) is 0 Å². The lowest BCUT2D eigenvalue weighted by atomic mass is 9.83. The highest BCUT2D eigenvalue weighted by Gasteiger charge is 2.22. The van der Waals surface area contributed by atoms with Crippen LogP contribution in [0.5, 0.6) is 0 Å². The van der Waals surface area contributed by atoms with Gasteiger partial charge in [0.05, 0.1) is 0 Å². The van der Waals surface area contributed by atoms with Crippen LogP contribution in [0, 0.1) is 29.1 Å². The van der Waals surface area contributed by atoms with Gasteiger partial charge in [0.25, 0.3) is 0 Å². The van der Waals surface area contributed by atoms with Crippen LogP contribution in [0.2, 0.25) is 0 Å². The Bertz CT molecular complexity index is 2100. The van der Waals surface area contributed by atoms with E-state index in [0.29, 0.717) is 21.7 Å². The molecule has 0 aliphatic rings. The molecule has 0 aliphatic heterocycles. The molecule has 0 bridgehead atoms. The van der Waals surface area contributed by atoms with Crippen LogP contribution in [0.1, 0.15) is 0 Å². The summed E-state index contributed by atoms with van der Waals surface area (Å²) in [7, 11) is 0. The normalized spacial score (nSPS) is 11.7. The molecule has 0 aliphatic carbocycles. The highest BCUT2D eigenvalue weighted by atomic mass is 19.2. The van der Waals surface area contributed by atoms with Gasteiger partial charge >= 0.3 is 0 Å². The SMILES string of the molecule is Fc1cc2c(-c3cc(F)c(F)c(F)c3)c3ccccc3c(-c3cc4ccccc4c4ccccc34)c2cc1F. The van der Waals surface area contributed by atoms with Gasteiger partial charge in [0, 0.05) is 0 Å². The minimum absolute atomic E-state index is 0.0218. The molecule has 39 heavy (non-hydrogen) atoms. The summed E-state index contributed by atoms with van der Waals surface area (Å²) in [5, 5.41) is 5.80. The Morgan fingerprint density at radius 3 is 1.49 bits per heavy atom. The van der Waals surface area contributed by atoms with Gasteiger partial charge in [-0.25, -0.2) is 22.0 Å². The molecule has 0 nitrogen and oxygen atoms in total. The highest BCUT2D eigenvalue weighted by molar-refractivity contribution is 6.25. The van der Waals surface area contributed by atoms with Gasteiger partial charge in [-0.05, 0) is 95.7 Å². The van der Waals surface area contributed by atoms with Gasteiger partial charge < -0.3 is 0 Å². The second-order valence-corrected chi connectivity index (χ2v) is 9.55. The molecule has 0 fully saturated rings. The molecule has 0 amide bonds. The molecular formula is C34H17F5. The molecule has 5 heteroatoms. The van der Waals surface area contributed by atoms with Crippen LogP contribution in [0.25, 0.3) is 65.3 Å². The zero-order valence-electron chi connectivity index (χ0n) is 20.2. The minimum Gasteiger partial charge on any atom is -0.204 e. The van der Waals surface area contributed by atoms with Crippen molar-refractivity contribution in [3.63, 3.8) is 0 Å². The Balaban J connectivity index is 1.73. The van der Waals surface area contributed by atoms with Crippen LogP contribution in [0.15, 0.2) is 103 Å². The predicted molar refractivity (Wildman–Crippen MR) is 147 cm³/mol. The van der Waals surface area contributed by atoms with Gasteiger partial charge in [-0.1, -0.05) is 72.8 Å². The topological polar surface area (TPSA) is 0 Å². The van der Waals surface area contributed by atoms with Crippen molar-refractivity contribution in [1.29, 1.82) is 0 Å². The van der Waals surface area contributed by atoms with Gasteiger partial charge in [0.15, 0.2) is 29.1 Å². The fourth-order valence-electron chi connectivity index (χ4n) is 5.73. The lowest BCUT2D eigenvalue weighted by molar-refractivity contribution is 0.448. The van der Waals surface area contributed by atoms with E-state index in [1.54, 1.807) is 12.1 Å². The largest absolute Gasteiger partial charge is 0.204 e. The van der Waals surface area contributed by atoms with Crippen LogP contribution < -0.4 is 0 Å². The summed E-state index contributed by atoms with van der Waals surface area (Å²) >= 11 is 0. The molecule has 0 radical (unpaired) electrons. The second-order valence-electron chi connectivity index (χ2n) is 9.55. The maximum atomic E-state index is 14.9. The first-order valence-corrected chi connectivity index (χ1v) is 12.3. The maximum absolute atomic E-state index is 14.9. The zero-order chi connectivity index (χ0) is 26.8. The number of rotatable bonds is 2. The van der Waals surface area contributed by atoms with Crippen LogP contribution in [0.4, 0.5) is 22.0 Å². The van der Waals surface area contributed by atoms with Gasteiger partial charge in [-0.15, -0.1) is 0 Å². The molecule has 7 rings (SSSR count). The molecule has 0 atom stereocenters. The first kappa shape index (κ1) is 23.4. The summed E-state index contributed by atoms with van der Waals surface area (Å²) in [4.78, 5) is 0. The Labute approximate surface area is 219 Å². The summed E-state index contributed by atoms with van der Waals surface area (Å²) in [6, 6.07) is 28.9. The molecule has 0 saturated carbocycles. The van der Waals surface area contributed by atoms with E-state index in [1.807, 2.05) is 66.7 Å². The summed E-state index contributed by atoms with van der Waals surface area (Å²) in [6.45, 7) is 0. The van der Waals surface area contributed by atoms with Crippen molar-refractivity contribution in [3.8, 4) is 22.3 Å². The van der Waals surface area contributed by atoms with Crippen molar-refractivity contribution in [2.75, 3.05) is 0 Å². The second kappa shape index (κ2) is 8.63. The summed E-state index contributed by atoms with van der Waals surface area (Å²) in [6.07, 6.45) is 0. The standard InChI is InChI=1S/C34H17F5/c35-28-16-26-27(17-29(28)36)33(25-13-18-7-1-2-8-20(18)21-9-3-4-10-22(21)25)24-12-6-5-11-23(24)32(26)19-14-30(37)34(39)31(38)15-19/h1-17H. The summed E-state index contributed by atoms with van der Waals surface area (Å²) in [5.41, 5.74) is 1.77. The summed E-state index contributed by atoms with van der Waals surface area (Å²) in [5.74, 6) is -6.48. The first-order chi connectivity index (χ1) is 18.9. The van der Waals surface area contributed by atoms with Gasteiger partial charge in [-0.3, -0.25) is 0 Å². The fraction of sp³-hybridized carbons (Fsp3) is 0. The lowest BCUT2D eigenvalue weighted by Crippen LogP contribution is -1.97. The third-order valence-electron chi connectivity index (χ3n) is 7.37. The van der Waals surface area contributed by atoms with E-state index in [2.05, 4.69) is 0 Å². The average molecular weight is 521 g/mol. The molecule has 188 valence electrons. The lowest BCUT2D eigenvalue weighted by Gasteiger charge is -2.20. The van der Waals surface area contributed by atoms with E-state index in [-0.39, 0.29) is 16.5 Å².